The number of hydrogen-bond acceptors (Lipinski definition) is 8. The summed E-state index contributed by atoms with van der Waals surface area (Å²) in [6, 6.07) is 5.46. The lowest BCUT2D eigenvalue weighted by atomic mass is 10.1. The molecular formula is C19H23F2N5O6. The molecule has 0 aliphatic rings. The first kappa shape index (κ1) is 25.0. The molecular weight excluding hydrogens is 432 g/mol. The van der Waals surface area contributed by atoms with Crippen LogP contribution >= 0.6 is 0 Å². The summed E-state index contributed by atoms with van der Waals surface area (Å²) in [4.78, 5) is 26.9. The zero-order valence-corrected chi connectivity index (χ0v) is 17.1. The SMILES string of the molecule is [N-]=[N+]=NCCOCCOCCOCCNC(=O)c1cc2ccc(NC(F)F)cc2oc1=O. The van der Waals surface area contributed by atoms with Crippen molar-refractivity contribution in [2.45, 2.75) is 6.55 Å². The van der Waals surface area contributed by atoms with Gasteiger partial charge in [-0.05, 0) is 23.7 Å². The minimum Gasteiger partial charge on any atom is -0.422 e. The predicted octanol–water partition coefficient (Wildman–Crippen LogP) is 2.52. The maximum absolute atomic E-state index is 12.4. The molecule has 0 saturated carbocycles. The molecule has 0 spiro atoms. The van der Waals surface area contributed by atoms with Crippen molar-refractivity contribution in [3.63, 3.8) is 0 Å². The smallest absolute Gasteiger partial charge is 0.349 e. The van der Waals surface area contributed by atoms with Crippen LogP contribution in [0.2, 0.25) is 0 Å². The summed E-state index contributed by atoms with van der Waals surface area (Å²) in [5.41, 5.74) is 7.20. The zero-order valence-electron chi connectivity index (χ0n) is 17.1. The molecule has 0 aliphatic heterocycles. The Kier molecular flexibility index (Phi) is 10.9. The van der Waals surface area contributed by atoms with Crippen LogP contribution in [0.1, 0.15) is 10.4 Å². The molecule has 0 radical (unpaired) electrons. The lowest BCUT2D eigenvalue weighted by Crippen LogP contribution is -2.31. The topological polar surface area (TPSA) is 148 Å². The highest BCUT2D eigenvalue weighted by Gasteiger charge is 2.14. The van der Waals surface area contributed by atoms with Crippen molar-refractivity contribution in [1.82, 2.24) is 5.32 Å². The van der Waals surface area contributed by atoms with Gasteiger partial charge in [-0.3, -0.25) is 4.79 Å². The normalized spacial score (nSPS) is 10.8. The Hall–Kier alpha value is -3.25. The van der Waals surface area contributed by atoms with Gasteiger partial charge in [0.15, 0.2) is 0 Å². The number of ether oxygens (including phenoxy) is 3. The molecule has 0 aliphatic carbocycles. The van der Waals surface area contributed by atoms with Gasteiger partial charge in [-0.15, -0.1) is 0 Å². The van der Waals surface area contributed by atoms with Gasteiger partial charge in [0.05, 0.1) is 39.6 Å². The van der Waals surface area contributed by atoms with Crippen molar-refractivity contribution in [3.05, 3.63) is 50.7 Å². The second kappa shape index (κ2) is 13.9. The molecule has 1 aromatic heterocycles. The Labute approximate surface area is 181 Å². The summed E-state index contributed by atoms with van der Waals surface area (Å²) >= 11 is 0. The van der Waals surface area contributed by atoms with E-state index in [1.165, 1.54) is 24.3 Å². The van der Waals surface area contributed by atoms with E-state index in [1.54, 1.807) is 0 Å². The molecule has 0 fully saturated rings. The van der Waals surface area contributed by atoms with Crippen LogP contribution in [-0.2, 0) is 14.2 Å². The van der Waals surface area contributed by atoms with Crippen molar-refractivity contribution in [2.24, 2.45) is 5.11 Å². The number of carbonyl (C=O) groups excluding carboxylic acids is 1. The number of azide groups is 1. The van der Waals surface area contributed by atoms with Crippen molar-refractivity contribution < 1.29 is 32.2 Å². The van der Waals surface area contributed by atoms with E-state index in [1.807, 2.05) is 5.32 Å². The highest BCUT2D eigenvalue weighted by Crippen LogP contribution is 2.19. The van der Waals surface area contributed by atoms with Gasteiger partial charge >= 0.3 is 12.2 Å². The van der Waals surface area contributed by atoms with E-state index in [0.717, 1.165) is 0 Å². The van der Waals surface area contributed by atoms with Gasteiger partial charge in [0.2, 0.25) is 0 Å². The van der Waals surface area contributed by atoms with Crippen LogP contribution in [0.3, 0.4) is 0 Å². The highest BCUT2D eigenvalue weighted by molar-refractivity contribution is 5.96. The van der Waals surface area contributed by atoms with Gasteiger partial charge in [-0.25, -0.2) is 4.79 Å². The molecule has 1 aromatic carbocycles. The molecule has 0 saturated heterocycles. The van der Waals surface area contributed by atoms with Crippen LogP contribution in [0.25, 0.3) is 21.4 Å². The number of nitrogens with one attached hydrogen (secondary N) is 2. The standard InChI is InChI=1S/C19H23F2N5O6/c20-19(21)25-14-2-1-13-11-15(18(28)32-16(13)12-14)17(27)23-3-5-29-7-9-31-10-8-30-6-4-24-26-22/h1-2,11-12,19,25H,3-10H2,(H,23,27). The number of halogens is 2. The first-order chi connectivity index (χ1) is 15.5. The quantitative estimate of drug-likeness (QED) is 0.105. The Morgan fingerprint density at radius 1 is 1.09 bits per heavy atom. The van der Waals surface area contributed by atoms with E-state index in [0.29, 0.717) is 38.4 Å². The lowest BCUT2D eigenvalue weighted by molar-refractivity contribution is 0.0166. The van der Waals surface area contributed by atoms with Gasteiger partial charge in [0.25, 0.3) is 5.91 Å². The van der Waals surface area contributed by atoms with Crippen molar-refractivity contribution in [1.29, 1.82) is 0 Å². The molecule has 13 heteroatoms. The van der Waals surface area contributed by atoms with Crippen LogP contribution in [0.15, 0.2) is 38.6 Å². The van der Waals surface area contributed by atoms with E-state index < -0.39 is 18.1 Å². The number of hydrogen-bond donors (Lipinski definition) is 2. The number of nitrogens with zero attached hydrogens (tertiary/aromatic N) is 3. The van der Waals surface area contributed by atoms with E-state index in [4.69, 9.17) is 24.2 Å². The molecule has 0 atom stereocenters. The average Bonchev–Trinajstić information content (AvgIpc) is 2.75. The van der Waals surface area contributed by atoms with Crippen LogP contribution < -0.4 is 16.3 Å². The van der Waals surface area contributed by atoms with Crippen LogP contribution in [-0.4, -0.2) is 65.2 Å². The number of amides is 1. The fourth-order valence-corrected chi connectivity index (χ4v) is 2.51. The number of carbonyl (C=O) groups is 1. The molecule has 32 heavy (non-hydrogen) atoms. The van der Waals surface area contributed by atoms with E-state index in [9.17, 15) is 18.4 Å². The fraction of sp³-hybridized carbons (Fsp3) is 0.474. The van der Waals surface area contributed by atoms with Gasteiger partial charge < -0.3 is 29.3 Å². The molecule has 0 unspecified atom stereocenters. The second-order valence-corrected chi connectivity index (χ2v) is 6.19. The van der Waals surface area contributed by atoms with Gasteiger partial charge in [0.1, 0.15) is 11.1 Å². The van der Waals surface area contributed by atoms with Crippen molar-refractivity contribution in [2.75, 3.05) is 58.0 Å². The summed E-state index contributed by atoms with van der Waals surface area (Å²) in [6.45, 7) is -0.402. The third-order valence-electron chi connectivity index (χ3n) is 3.93. The largest absolute Gasteiger partial charge is 0.422 e. The molecule has 2 rings (SSSR count). The first-order valence-electron chi connectivity index (χ1n) is 9.66. The maximum atomic E-state index is 12.4. The van der Waals surface area contributed by atoms with Crippen molar-refractivity contribution in [3.8, 4) is 0 Å². The summed E-state index contributed by atoms with van der Waals surface area (Å²) in [5, 5.41) is 8.20. The van der Waals surface area contributed by atoms with Crippen molar-refractivity contribution >= 4 is 22.6 Å². The summed E-state index contributed by atoms with van der Waals surface area (Å²) in [5.74, 6) is -0.631. The number of fused-ring (bicyclic) bond motifs is 1. The lowest BCUT2D eigenvalue weighted by Gasteiger charge is -2.08. The molecule has 1 amide bonds. The molecule has 11 nitrogen and oxygen atoms in total. The third kappa shape index (κ3) is 8.86. The Morgan fingerprint density at radius 3 is 2.47 bits per heavy atom. The Bertz CT molecular complexity index is 980. The van der Waals surface area contributed by atoms with E-state index in [2.05, 4.69) is 15.3 Å². The minimum absolute atomic E-state index is 0.0848. The molecule has 2 aromatic rings. The van der Waals surface area contributed by atoms with Gasteiger partial charge in [0, 0.05) is 35.1 Å². The van der Waals surface area contributed by atoms with Gasteiger partial charge in [-0.2, -0.15) is 8.78 Å². The van der Waals surface area contributed by atoms with Crippen LogP contribution in [0.5, 0.6) is 0 Å². The number of alkyl halides is 2. The number of anilines is 1. The van der Waals surface area contributed by atoms with E-state index >= 15 is 0 Å². The Morgan fingerprint density at radius 2 is 1.78 bits per heavy atom. The Balaban J connectivity index is 1.66. The third-order valence-corrected chi connectivity index (χ3v) is 3.93. The summed E-state index contributed by atoms with van der Waals surface area (Å²) in [6.07, 6.45) is 0. The van der Waals surface area contributed by atoms with E-state index in [-0.39, 0.29) is 36.5 Å². The number of benzene rings is 1. The maximum Gasteiger partial charge on any atom is 0.349 e. The molecule has 174 valence electrons. The molecule has 0 bridgehead atoms. The number of rotatable bonds is 15. The summed E-state index contributed by atoms with van der Waals surface area (Å²) in [7, 11) is 0. The monoisotopic (exact) mass is 455 g/mol. The molecule has 2 N–H and O–H groups in total. The zero-order chi connectivity index (χ0) is 23.2. The van der Waals surface area contributed by atoms with Crippen LogP contribution in [0.4, 0.5) is 14.5 Å². The average molecular weight is 455 g/mol. The fourth-order valence-electron chi connectivity index (χ4n) is 2.51. The first-order valence-corrected chi connectivity index (χ1v) is 9.66. The summed E-state index contributed by atoms with van der Waals surface area (Å²) < 4.78 is 45.6. The van der Waals surface area contributed by atoms with Crippen LogP contribution in [0, 0.1) is 0 Å². The second-order valence-electron chi connectivity index (χ2n) is 6.19. The molecule has 1 heterocycles. The van der Waals surface area contributed by atoms with Gasteiger partial charge in [-0.1, -0.05) is 5.11 Å². The predicted molar refractivity (Wildman–Crippen MR) is 111 cm³/mol. The highest BCUT2D eigenvalue weighted by atomic mass is 19.3. The minimum atomic E-state index is -2.76.